The van der Waals surface area contributed by atoms with E-state index in [9.17, 15) is 12.8 Å². The van der Waals surface area contributed by atoms with Crippen LogP contribution < -0.4 is 4.72 Å². The van der Waals surface area contributed by atoms with Crippen molar-refractivity contribution in [1.82, 2.24) is 4.72 Å². The summed E-state index contributed by atoms with van der Waals surface area (Å²) in [7, 11) is -3.83. The van der Waals surface area contributed by atoms with E-state index in [0.717, 1.165) is 18.9 Å². The van der Waals surface area contributed by atoms with Crippen LogP contribution in [0, 0.1) is 11.7 Å². The highest BCUT2D eigenvalue weighted by Crippen LogP contribution is 2.22. The van der Waals surface area contributed by atoms with Crippen LogP contribution in [0.2, 0.25) is 0 Å². The maximum absolute atomic E-state index is 13.7. The van der Waals surface area contributed by atoms with Crippen molar-refractivity contribution in [2.75, 3.05) is 6.54 Å². The van der Waals surface area contributed by atoms with Gasteiger partial charge < -0.3 is 0 Å². The minimum Gasteiger partial charge on any atom is -0.210 e. The molecule has 114 valence electrons. The van der Waals surface area contributed by atoms with Crippen LogP contribution in [-0.2, 0) is 10.0 Å². The molecule has 0 spiro atoms. The van der Waals surface area contributed by atoms with Crippen molar-refractivity contribution >= 4 is 41.9 Å². The average molecular weight is 431 g/mol. The van der Waals surface area contributed by atoms with Crippen molar-refractivity contribution in [3.05, 3.63) is 28.5 Å². The van der Waals surface area contributed by atoms with E-state index in [-0.39, 0.29) is 16.3 Å². The maximum atomic E-state index is 13.7. The Morgan fingerprint density at radius 2 is 1.90 bits per heavy atom. The first-order valence-electron chi connectivity index (χ1n) is 6.40. The Bertz CT molecular complexity index is 547. The molecule has 0 aliphatic carbocycles. The fourth-order valence-corrected chi connectivity index (χ4v) is 4.50. The molecule has 20 heavy (non-hydrogen) atoms. The lowest BCUT2D eigenvalue weighted by atomic mass is 10.00. The predicted octanol–water partition coefficient (Wildman–Crippen LogP) is 4.07. The molecule has 1 aromatic carbocycles. The molecule has 1 N–H and O–H groups in total. The van der Waals surface area contributed by atoms with Crippen LogP contribution in [0.25, 0.3) is 0 Å². The minimum atomic E-state index is -3.83. The molecular weight excluding hydrogens is 413 g/mol. The lowest BCUT2D eigenvalue weighted by Crippen LogP contribution is -2.33. The molecule has 0 aliphatic rings. The third-order valence-corrected chi connectivity index (χ3v) is 6.23. The smallest absolute Gasteiger partial charge is 0.210 e. The largest absolute Gasteiger partial charge is 0.243 e. The second-order valence-electron chi connectivity index (χ2n) is 4.52. The molecule has 0 bridgehead atoms. The van der Waals surface area contributed by atoms with Crippen molar-refractivity contribution in [3.63, 3.8) is 0 Å². The van der Waals surface area contributed by atoms with Gasteiger partial charge in [-0.1, -0.05) is 58.5 Å². The molecule has 0 saturated heterocycles. The van der Waals surface area contributed by atoms with E-state index in [4.69, 9.17) is 0 Å². The highest BCUT2D eigenvalue weighted by molar-refractivity contribution is 9.10. The predicted molar refractivity (Wildman–Crippen MR) is 86.1 cm³/mol. The summed E-state index contributed by atoms with van der Waals surface area (Å²) in [6, 6.07) is 3.90. The van der Waals surface area contributed by atoms with Crippen molar-refractivity contribution in [3.8, 4) is 0 Å². The van der Waals surface area contributed by atoms with Crippen LogP contribution in [0.1, 0.15) is 26.7 Å². The number of hydrogen-bond donors (Lipinski definition) is 1. The molecule has 1 rings (SSSR count). The normalized spacial score (nSPS) is 13.7. The summed E-state index contributed by atoms with van der Waals surface area (Å²) >= 11 is 6.59. The topological polar surface area (TPSA) is 46.2 Å². The average Bonchev–Trinajstić information content (AvgIpc) is 2.37. The van der Waals surface area contributed by atoms with Crippen LogP contribution in [0.3, 0.4) is 0 Å². The van der Waals surface area contributed by atoms with E-state index >= 15 is 0 Å². The Balaban J connectivity index is 2.80. The summed E-state index contributed by atoms with van der Waals surface area (Å²) in [5, 5.41) is 0. The second-order valence-corrected chi connectivity index (χ2v) is 8.35. The van der Waals surface area contributed by atoms with Gasteiger partial charge in [0.25, 0.3) is 0 Å². The molecule has 7 heteroatoms. The number of sulfonamides is 1. The minimum absolute atomic E-state index is 0.0331. The van der Waals surface area contributed by atoms with E-state index in [0.29, 0.717) is 10.4 Å². The summed E-state index contributed by atoms with van der Waals surface area (Å²) in [4.78, 5) is -0.296. The first-order chi connectivity index (χ1) is 9.31. The zero-order valence-electron chi connectivity index (χ0n) is 11.4. The number of rotatable bonds is 7. The van der Waals surface area contributed by atoms with Gasteiger partial charge in [-0.2, -0.15) is 0 Å². The highest BCUT2D eigenvalue weighted by atomic mass is 79.9. The molecule has 0 heterocycles. The quantitative estimate of drug-likeness (QED) is 0.662. The van der Waals surface area contributed by atoms with Gasteiger partial charge in [0.15, 0.2) is 0 Å². The van der Waals surface area contributed by atoms with Crippen LogP contribution in [0.15, 0.2) is 27.6 Å². The van der Waals surface area contributed by atoms with Gasteiger partial charge in [0.1, 0.15) is 10.7 Å². The van der Waals surface area contributed by atoms with Crippen LogP contribution in [-0.4, -0.2) is 19.8 Å². The molecule has 1 unspecified atom stereocenters. The number of alkyl halides is 1. The molecule has 1 aromatic rings. The van der Waals surface area contributed by atoms with Gasteiger partial charge in [0.2, 0.25) is 10.0 Å². The number of halogens is 3. The number of nitrogens with one attached hydrogen (secondary N) is 1. The monoisotopic (exact) mass is 429 g/mol. The second kappa shape index (κ2) is 7.87. The van der Waals surface area contributed by atoms with Gasteiger partial charge in [0, 0.05) is 15.8 Å². The molecule has 0 fully saturated rings. The third kappa shape index (κ3) is 4.79. The summed E-state index contributed by atoms with van der Waals surface area (Å²) in [5.41, 5.74) is 0. The number of benzene rings is 1. The van der Waals surface area contributed by atoms with Gasteiger partial charge in [-0.15, -0.1) is 0 Å². The summed E-state index contributed by atoms with van der Waals surface area (Å²) < 4.78 is 40.8. The lowest BCUT2D eigenvalue weighted by Gasteiger charge is -2.20. The van der Waals surface area contributed by atoms with Gasteiger partial charge in [0.05, 0.1) is 0 Å². The molecule has 0 saturated carbocycles. The lowest BCUT2D eigenvalue weighted by molar-refractivity contribution is 0.470. The standard InChI is InChI=1S/C13H18Br2FNO2S/c1-3-9(4-2)11(15)8-17-20(18,19)13-6-5-10(14)7-12(13)16/h5-7,9,11,17H,3-4,8H2,1-2H3. The SMILES string of the molecule is CCC(CC)C(Br)CNS(=O)(=O)c1ccc(Br)cc1F. The Kier molecular flexibility index (Phi) is 7.11. The van der Waals surface area contributed by atoms with Crippen molar-refractivity contribution < 1.29 is 12.8 Å². The fraction of sp³-hybridized carbons (Fsp3) is 0.538. The van der Waals surface area contributed by atoms with Crippen molar-refractivity contribution in [2.24, 2.45) is 5.92 Å². The van der Waals surface area contributed by atoms with Crippen LogP contribution in [0.5, 0.6) is 0 Å². The van der Waals surface area contributed by atoms with Gasteiger partial charge in [-0.05, 0) is 24.1 Å². The molecular formula is C13H18Br2FNO2S. The van der Waals surface area contributed by atoms with E-state index in [2.05, 4.69) is 50.4 Å². The zero-order chi connectivity index (χ0) is 15.3. The highest BCUT2D eigenvalue weighted by Gasteiger charge is 2.22. The van der Waals surface area contributed by atoms with E-state index in [1.54, 1.807) is 0 Å². The summed E-state index contributed by atoms with van der Waals surface area (Å²) in [6.45, 7) is 4.36. The first-order valence-corrected chi connectivity index (χ1v) is 9.59. The van der Waals surface area contributed by atoms with Crippen LogP contribution >= 0.6 is 31.9 Å². The van der Waals surface area contributed by atoms with Crippen LogP contribution in [0.4, 0.5) is 4.39 Å². The van der Waals surface area contributed by atoms with E-state index < -0.39 is 15.8 Å². The first kappa shape index (κ1) is 18.1. The van der Waals surface area contributed by atoms with Gasteiger partial charge >= 0.3 is 0 Å². The Morgan fingerprint density at radius 3 is 2.40 bits per heavy atom. The van der Waals surface area contributed by atoms with Gasteiger partial charge in [-0.25, -0.2) is 17.5 Å². The Hall–Kier alpha value is 0.0200. The molecule has 0 radical (unpaired) electrons. The zero-order valence-corrected chi connectivity index (χ0v) is 15.4. The Morgan fingerprint density at radius 1 is 1.30 bits per heavy atom. The maximum Gasteiger partial charge on any atom is 0.243 e. The van der Waals surface area contributed by atoms with Crippen molar-refractivity contribution in [2.45, 2.75) is 36.4 Å². The van der Waals surface area contributed by atoms with E-state index in [1.165, 1.54) is 12.1 Å². The third-order valence-electron chi connectivity index (χ3n) is 3.21. The summed E-state index contributed by atoms with van der Waals surface area (Å²) in [5.74, 6) is -0.381. The summed E-state index contributed by atoms with van der Waals surface area (Å²) in [6.07, 6.45) is 1.92. The molecule has 0 amide bonds. The molecule has 3 nitrogen and oxygen atoms in total. The fourth-order valence-electron chi connectivity index (χ4n) is 1.93. The van der Waals surface area contributed by atoms with E-state index in [1.807, 2.05) is 0 Å². The molecule has 0 aliphatic heterocycles. The van der Waals surface area contributed by atoms with Gasteiger partial charge in [-0.3, -0.25) is 0 Å². The van der Waals surface area contributed by atoms with Crippen molar-refractivity contribution in [1.29, 1.82) is 0 Å². The molecule has 0 aromatic heterocycles. The molecule has 1 atom stereocenters. The number of hydrogen-bond acceptors (Lipinski definition) is 2. The Labute approximate surface area is 136 Å².